The summed E-state index contributed by atoms with van der Waals surface area (Å²) in [6.07, 6.45) is 1.22. The van der Waals surface area contributed by atoms with E-state index < -0.39 is 6.10 Å². The van der Waals surface area contributed by atoms with Gasteiger partial charge >= 0.3 is 0 Å². The van der Waals surface area contributed by atoms with Gasteiger partial charge in [0.2, 0.25) is 0 Å². The second-order valence-corrected chi connectivity index (χ2v) is 7.96. The molecule has 0 fully saturated rings. The van der Waals surface area contributed by atoms with E-state index in [1.807, 2.05) is 25.2 Å². The minimum absolute atomic E-state index is 0.197. The minimum Gasteiger partial charge on any atom is -0.389 e. The van der Waals surface area contributed by atoms with E-state index in [0.29, 0.717) is 19.8 Å². The molecule has 2 aromatic carbocycles. The van der Waals surface area contributed by atoms with Crippen LogP contribution in [0.5, 0.6) is 0 Å². The number of aromatic nitrogens is 1. The quantitative estimate of drug-likeness (QED) is 0.486. The zero-order valence-electron chi connectivity index (χ0n) is 18.5. The van der Waals surface area contributed by atoms with Crippen LogP contribution in [0.1, 0.15) is 22.9 Å². The highest BCUT2D eigenvalue weighted by Crippen LogP contribution is 2.27. The Morgan fingerprint density at radius 2 is 1.45 bits per heavy atom. The van der Waals surface area contributed by atoms with Crippen molar-refractivity contribution in [3.05, 3.63) is 102 Å². The summed E-state index contributed by atoms with van der Waals surface area (Å²) in [5.41, 5.74) is 3.43. The Morgan fingerprint density at radius 1 is 0.839 bits per heavy atom. The largest absolute Gasteiger partial charge is 0.389 e. The first-order valence-electron chi connectivity index (χ1n) is 10.8. The van der Waals surface area contributed by atoms with Crippen molar-refractivity contribution in [2.75, 3.05) is 40.3 Å². The molecule has 3 aromatic rings. The van der Waals surface area contributed by atoms with E-state index >= 15 is 0 Å². The van der Waals surface area contributed by atoms with Gasteiger partial charge in [0, 0.05) is 25.8 Å². The topological polar surface area (TPSA) is 48.8 Å². The fraction of sp³-hybridized carbons (Fsp3) is 0.346. The maximum atomic E-state index is 10.3. The summed E-state index contributed by atoms with van der Waals surface area (Å²) in [6, 6.07) is 27.1. The number of benzene rings is 2. The van der Waals surface area contributed by atoms with Crippen molar-refractivity contribution in [3.63, 3.8) is 0 Å². The second-order valence-electron chi connectivity index (χ2n) is 7.96. The van der Waals surface area contributed by atoms with Crippen LogP contribution in [0.3, 0.4) is 0 Å². The Hall–Kier alpha value is -2.57. The molecule has 5 nitrogen and oxygen atoms in total. The fourth-order valence-corrected chi connectivity index (χ4v) is 3.72. The summed E-state index contributed by atoms with van der Waals surface area (Å²) in [7, 11) is 4.20. The number of nitrogens with zero attached hydrogens (tertiary/aromatic N) is 3. The zero-order valence-corrected chi connectivity index (χ0v) is 18.5. The third-order valence-corrected chi connectivity index (χ3v) is 5.31. The number of aliphatic hydroxyl groups excluding tert-OH is 1. The normalized spacial score (nSPS) is 12.6. The molecule has 1 unspecified atom stereocenters. The van der Waals surface area contributed by atoms with Crippen LogP contribution < -0.4 is 0 Å². The molecule has 0 radical (unpaired) electrons. The van der Waals surface area contributed by atoms with Crippen LogP contribution in [-0.2, 0) is 11.3 Å². The van der Waals surface area contributed by atoms with E-state index in [0.717, 1.165) is 18.8 Å². The summed E-state index contributed by atoms with van der Waals surface area (Å²) in [5, 5.41) is 10.3. The number of aliphatic hydroxyl groups is 1. The van der Waals surface area contributed by atoms with Gasteiger partial charge in [-0.25, -0.2) is 0 Å². The summed E-state index contributed by atoms with van der Waals surface area (Å²) < 4.78 is 5.61. The molecule has 3 rings (SSSR count). The van der Waals surface area contributed by atoms with Gasteiger partial charge in [0.05, 0.1) is 31.1 Å². The Labute approximate surface area is 185 Å². The van der Waals surface area contributed by atoms with Gasteiger partial charge in [0.15, 0.2) is 0 Å². The van der Waals surface area contributed by atoms with Gasteiger partial charge in [-0.1, -0.05) is 66.7 Å². The van der Waals surface area contributed by atoms with Crippen LogP contribution >= 0.6 is 0 Å². The van der Waals surface area contributed by atoms with E-state index in [4.69, 9.17) is 4.74 Å². The lowest BCUT2D eigenvalue weighted by Gasteiger charge is -2.31. The third kappa shape index (κ3) is 7.56. The smallest absolute Gasteiger partial charge is 0.0900 e. The molecule has 0 saturated heterocycles. The number of pyridine rings is 1. The van der Waals surface area contributed by atoms with E-state index in [2.05, 4.69) is 82.5 Å². The molecule has 0 amide bonds. The molecule has 164 valence electrons. The number of ether oxygens (including phenoxy) is 1. The van der Waals surface area contributed by atoms with E-state index in [1.165, 1.54) is 11.1 Å². The van der Waals surface area contributed by atoms with Gasteiger partial charge in [-0.2, -0.15) is 0 Å². The molecule has 0 aliphatic heterocycles. The lowest BCUT2D eigenvalue weighted by molar-refractivity contribution is 0.0117. The summed E-state index contributed by atoms with van der Waals surface area (Å²) in [4.78, 5) is 8.75. The molecule has 0 aliphatic rings. The monoisotopic (exact) mass is 419 g/mol. The van der Waals surface area contributed by atoms with Gasteiger partial charge in [-0.05, 0) is 37.4 Å². The molecule has 1 aromatic heterocycles. The molecule has 1 N–H and O–H groups in total. The Kier molecular flexibility index (Phi) is 9.18. The third-order valence-electron chi connectivity index (χ3n) is 5.31. The van der Waals surface area contributed by atoms with Gasteiger partial charge < -0.3 is 14.7 Å². The molecular weight excluding hydrogens is 386 g/mol. The van der Waals surface area contributed by atoms with Crippen molar-refractivity contribution in [2.24, 2.45) is 0 Å². The Bertz CT molecular complexity index is 822. The van der Waals surface area contributed by atoms with Gasteiger partial charge in [0.1, 0.15) is 0 Å². The maximum absolute atomic E-state index is 10.3. The van der Waals surface area contributed by atoms with Gasteiger partial charge in [-0.3, -0.25) is 9.88 Å². The van der Waals surface area contributed by atoms with Crippen LogP contribution in [0.25, 0.3) is 0 Å². The zero-order chi connectivity index (χ0) is 21.9. The van der Waals surface area contributed by atoms with E-state index in [1.54, 1.807) is 6.20 Å². The van der Waals surface area contributed by atoms with Crippen molar-refractivity contribution in [3.8, 4) is 0 Å². The lowest BCUT2D eigenvalue weighted by atomic mass is 9.97. The highest BCUT2D eigenvalue weighted by Gasteiger charge is 2.19. The number of hydrogen-bond acceptors (Lipinski definition) is 5. The summed E-state index contributed by atoms with van der Waals surface area (Å²) in [5.74, 6) is 0. The molecular formula is C26H33N3O2. The predicted octanol–water partition coefficient (Wildman–Crippen LogP) is 3.61. The standard InChI is InChI=1S/C26H33N3O2/c1-28(19-25(30)21-31-20-24-15-9-10-16-27-24)17-18-29(2)26(22-11-5-3-6-12-22)23-13-7-4-8-14-23/h3-16,25-26,30H,17-21H2,1-2H3. The maximum Gasteiger partial charge on any atom is 0.0900 e. The average molecular weight is 420 g/mol. The first-order valence-corrected chi connectivity index (χ1v) is 10.8. The van der Waals surface area contributed by atoms with Crippen molar-refractivity contribution in [1.82, 2.24) is 14.8 Å². The Balaban J connectivity index is 1.48. The molecule has 1 atom stereocenters. The van der Waals surface area contributed by atoms with E-state index in [-0.39, 0.29) is 6.04 Å². The number of rotatable bonds is 12. The van der Waals surface area contributed by atoms with Crippen molar-refractivity contribution in [1.29, 1.82) is 0 Å². The van der Waals surface area contributed by atoms with E-state index in [9.17, 15) is 5.11 Å². The SMILES string of the molecule is CN(CCN(C)C(c1ccccc1)c1ccccc1)CC(O)COCc1ccccn1. The van der Waals surface area contributed by atoms with Crippen LogP contribution in [0, 0.1) is 0 Å². The molecule has 0 spiro atoms. The molecule has 5 heteroatoms. The van der Waals surface area contributed by atoms with Crippen LogP contribution in [-0.4, -0.2) is 66.3 Å². The number of hydrogen-bond donors (Lipinski definition) is 1. The summed E-state index contributed by atoms with van der Waals surface area (Å²) in [6.45, 7) is 3.02. The van der Waals surface area contributed by atoms with Crippen LogP contribution in [0.4, 0.5) is 0 Å². The van der Waals surface area contributed by atoms with Crippen molar-refractivity contribution in [2.45, 2.75) is 18.8 Å². The molecule has 0 saturated carbocycles. The fourth-order valence-electron chi connectivity index (χ4n) is 3.72. The number of likely N-dealkylation sites (N-methyl/N-ethyl adjacent to an activating group) is 2. The van der Waals surface area contributed by atoms with Crippen LogP contribution in [0.15, 0.2) is 85.1 Å². The highest BCUT2D eigenvalue weighted by molar-refractivity contribution is 5.31. The molecule has 1 heterocycles. The highest BCUT2D eigenvalue weighted by atomic mass is 16.5. The van der Waals surface area contributed by atoms with Crippen molar-refractivity contribution >= 4 is 0 Å². The molecule has 0 aliphatic carbocycles. The second kappa shape index (κ2) is 12.3. The Morgan fingerprint density at radius 3 is 2.03 bits per heavy atom. The molecule has 0 bridgehead atoms. The summed E-state index contributed by atoms with van der Waals surface area (Å²) >= 11 is 0. The van der Waals surface area contributed by atoms with Gasteiger partial charge in [-0.15, -0.1) is 0 Å². The van der Waals surface area contributed by atoms with Gasteiger partial charge in [0.25, 0.3) is 0 Å². The van der Waals surface area contributed by atoms with Crippen molar-refractivity contribution < 1.29 is 9.84 Å². The lowest BCUT2D eigenvalue weighted by Crippen LogP contribution is -2.38. The van der Waals surface area contributed by atoms with Crippen LogP contribution in [0.2, 0.25) is 0 Å². The average Bonchev–Trinajstić information content (AvgIpc) is 2.80. The first-order chi connectivity index (χ1) is 15.1. The molecule has 31 heavy (non-hydrogen) atoms. The predicted molar refractivity (Wildman–Crippen MR) is 125 cm³/mol. The minimum atomic E-state index is -0.530. The first kappa shape index (κ1) is 23.1.